The van der Waals surface area contributed by atoms with E-state index in [1.165, 1.54) is 4.31 Å². The van der Waals surface area contributed by atoms with Crippen molar-refractivity contribution in [2.75, 3.05) is 7.05 Å². The van der Waals surface area contributed by atoms with Gasteiger partial charge in [-0.1, -0.05) is 36.4 Å². The van der Waals surface area contributed by atoms with Crippen LogP contribution in [-0.4, -0.2) is 19.8 Å². The molecule has 0 unspecified atom stereocenters. The molecule has 0 saturated heterocycles. The van der Waals surface area contributed by atoms with Crippen LogP contribution in [0, 0.1) is 0 Å². The van der Waals surface area contributed by atoms with E-state index in [2.05, 4.69) is 0 Å². The Labute approximate surface area is 130 Å². The molecule has 4 nitrogen and oxygen atoms in total. The average molecular weight is 315 g/mol. The van der Waals surface area contributed by atoms with Gasteiger partial charge in [-0.15, -0.1) is 0 Å². The van der Waals surface area contributed by atoms with E-state index in [1.807, 2.05) is 37.3 Å². The Balaban J connectivity index is 1.95. The third-order valence-corrected chi connectivity index (χ3v) is 5.76. The van der Waals surface area contributed by atoms with Gasteiger partial charge in [0.15, 0.2) is 0 Å². The first-order chi connectivity index (χ1) is 10.5. The van der Waals surface area contributed by atoms with Gasteiger partial charge in [0.05, 0.1) is 10.9 Å². The highest BCUT2D eigenvalue weighted by Crippen LogP contribution is 2.29. The summed E-state index contributed by atoms with van der Waals surface area (Å²) in [5, 5.41) is 0.967. The van der Waals surface area contributed by atoms with Gasteiger partial charge in [0, 0.05) is 12.4 Å². The molecule has 2 aromatic carbocycles. The highest BCUT2D eigenvalue weighted by Gasteiger charge is 2.28. The molecule has 22 heavy (non-hydrogen) atoms. The SMILES string of the molecule is C[C@@H](c1cc2ccccc2o1)N(C)S(=O)(=O)c1ccccc1. The molecular weight excluding hydrogens is 298 g/mol. The van der Waals surface area contributed by atoms with E-state index in [9.17, 15) is 8.42 Å². The van der Waals surface area contributed by atoms with E-state index in [0.29, 0.717) is 5.76 Å². The lowest BCUT2D eigenvalue weighted by atomic mass is 10.2. The zero-order chi connectivity index (χ0) is 15.7. The lowest BCUT2D eigenvalue weighted by molar-refractivity contribution is 0.348. The molecule has 5 heteroatoms. The van der Waals surface area contributed by atoms with Crippen molar-refractivity contribution in [3.05, 3.63) is 66.4 Å². The standard InChI is InChI=1S/C17H17NO3S/c1-13(17-12-14-8-6-7-11-16(14)21-17)18(2)22(19,20)15-9-4-3-5-10-15/h3-13H,1-2H3/t13-/m0/s1. The molecule has 0 saturated carbocycles. The molecule has 114 valence electrons. The maximum absolute atomic E-state index is 12.6. The minimum atomic E-state index is -3.55. The number of fused-ring (bicyclic) bond motifs is 1. The van der Waals surface area contributed by atoms with Gasteiger partial charge in [-0.3, -0.25) is 0 Å². The van der Waals surface area contributed by atoms with Gasteiger partial charge in [0.2, 0.25) is 10.0 Å². The number of para-hydroxylation sites is 1. The van der Waals surface area contributed by atoms with Crippen LogP contribution < -0.4 is 0 Å². The van der Waals surface area contributed by atoms with Crippen molar-refractivity contribution >= 4 is 21.0 Å². The van der Waals surface area contributed by atoms with Crippen molar-refractivity contribution in [2.24, 2.45) is 0 Å². The van der Waals surface area contributed by atoms with Crippen LogP contribution in [0.3, 0.4) is 0 Å². The van der Waals surface area contributed by atoms with Crippen LogP contribution in [0.1, 0.15) is 18.7 Å². The van der Waals surface area contributed by atoms with Gasteiger partial charge in [0.25, 0.3) is 0 Å². The fourth-order valence-electron chi connectivity index (χ4n) is 2.35. The highest BCUT2D eigenvalue weighted by molar-refractivity contribution is 7.89. The van der Waals surface area contributed by atoms with E-state index in [-0.39, 0.29) is 4.90 Å². The fourth-order valence-corrected chi connectivity index (χ4v) is 3.71. The Bertz CT molecular complexity index is 851. The minimum absolute atomic E-state index is 0.278. The normalized spacial score (nSPS) is 13.6. The predicted octanol–water partition coefficient (Wildman–Crippen LogP) is 3.81. The summed E-state index contributed by atoms with van der Waals surface area (Å²) < 4.78 is 32.4. The van der Waals surface area contributed by atoms with Gasteiger partial charge < -0.3 is 4.42 Å². The van der Waals surface area contributed by atoms with Crippen molar-refractivity contribution in [1.29, 1.82) is 0 Å². The summed E-state index contributed by atoms with van der Waals surface area (Å²) in [6.07, 6.45) is 0. The molecular formula is C17H17NO3S. The van der Waals surface area contributed by atoms with E-state index >= 15 is 0 Å². The van der Waals surface area contributed by atoms with Gasteiger partial charge >= 0.3 is 0 Å². The second kappa shape index (κ2) is 5.59. The summed E-state index contributed by atoms with van der Waals surface area (Å²) in [6, 6.07) is 17.5. The van der Waals surface area contributed by atoms with E-state index in [0.717, 1.165) is 11.0 Å². The van der Waals surface area contributed by atoms with Crippen LogP contribution >= 0.6 is 0 Å². The first-order valence-electron chi connectivity index (χ1n) is 7.02. The molecule has 0 bridgehead atoms. The average Bonchev–Trinajstić information content (AvgIpc) is 2.98. The topological polar surface area (TPSA) is 50.5 Å². The number of sulfonamides is 1. The second-order valence-corrected chi connectivity index (χ2v) is 7.19. The quantitative estimate of drug-likeness (QED) is 0.735. The summed E-state index contributed by atoms with van der Waals surface area (Å²) >= 11 is 0. The Kier molecular flexibility index (Phi) is 3.76. The number of rotatable bonds is 4. The van der Waals surface area contributed by atoms with Crippen LogP contribution in [0.15, 0.2) is 70.0 Å². The zero-order valence-electron chi connectivity index (χ0n) is 12.4. The van der Waals surface area contributed by atoms with Crippen LogP contribution in [-0.2, 0) is 10.0 Å². The van der Waals surface area contributed by atoms with Crippen LogP contribution in [0.25, 0.3) is 11.0 Å². The molecule has 0 aliphatic rings. The van der Waals surface area contributed by atoms with Crippen molar-refractivity contribution in [3.8, 4) is 0 Å². The third kappa shape index (κ3) is 2.53. The second-order valence-electron chi connectivity index (χ2n) is 5.20. The maximum atomic E-state index is 12.6. The molecule has 1 aromatic heterocycles. The molecule has 3 rings (SSSR count). The van der Waals surface area contributed by atoms with Crippen LogP contribution in [0.4, 0.5) is 0 Å². The maximum Gasteiger partial charge on any atom is 0.243 e. The fraction of sp³-hybridized carbons (Fsp3) is 0.176. The van der Waals surface area contributed by atoms with Crippen molar-refractivity contribution in [2.45, 2.75) is 17.9 Å². The van der Waals surface area contributed by atoms with E-state index in [1.54, 1.807) is 37.4 Å². The Hall–Kier alpha value is -2.11. The number of benzene rings is 2. The molecule has 3 aromatic rings. The molecule has 0 N–H and O–H groups in total. The Morgan fingerprint density at radius 3 is 2.32 bits per heavy atom. The number of hydrogen-bond acceptors (Lipinski definition) is 3. The van der Waals surface area contributed by atoms with Crippen molar-refractivity contribution in [3.63, 3.8) is 0 Å². The minimum Gasteiger partial charge on any atom is -0.459 e. The van der Waals surface area contributed by atoms with Crippen LogP contribution in [0.5, 0.6) is 0 Å². The summed E-state index contributed by atoms with van der Waals surface area (Å²) in [5.74, 6) is 0.628. The summed E-state index contributed by atoms with van der Waals surface area (Å²) in [5.41, 5.74) is 0.759. The lowest BCUT2D eigenvalue weighted by Crippen LogP contribution is -2.29. The van der Waals surface area contributed by atoms with Gasteiger partial charge in [-0.2, -0.15) is 4.31 Å². The monoisotopic (exact) mass is 315 g/mol. The molecule has 0 spiro atoms. The van der Waals surface area contributed by atoms with Gasteiger partial charge in [0.1, 0.15) is 11.3 Å². The van der Waals surface area contributed by atoms with Gasteiger partial charge in [-0.05, 0) is 31.2 Å². The summed E-state index contributed by atoms with van der Waals surface area (Å²) in [6.45, 7) is 1.82. The number of hydrogen-bond donors (Lipinski definition) is 0. The molecule has 0 fully saturated rings. The first-order valence-corrected chi connectivity index (χ1v) is 8.46. The zero-order valence-corrected chi connectivity index (χ0v) is 13.2. The lowest BCUT2D eigenvalue weighted by Gasteiger charge is -2.22. The molecule has 1 atom stereocenters. The summed E-state index contributed by atoms with van der Waals surface area (Å²) in [7, 11) is -1.98. The molecule has 0 aliphatic heterocycles. The van der Waals surface area contributed by atoms with E-state index in [4.69, 9.17) is 4.42 Å². The number of furan rings is 1. The molecule has 0 amide bonds. The first kappa shape index (κ1) is 14.8. The largest absolute Gasteiger partial charge is 0.459 e. The third-order valence-electron chi connectivity index (χ3n) is 3.82. The van der Waals surface area contributed by atoms with Crippen LogP contribution in [0.2, 0.25) is 0 Å². The Morgan fingerprint density at radius 2 is 1.64 bits per heavy atom. The number of nitrogens with zero attached hydrogens (tertiary/aromatic N) is 1. The molecule has 1 heterocycles. The highest BCUT2D eigenvalue weighted by atomic mass is 32.2. The Morgan fingerprint density at radius 1 is 1.00 bits per heavy atom. The van der Waals surface area contributed by atoms with Crippen molar-refractivity contribution in [1.82, 2.24) is 4.31 Å². The molecule has 0 aliphatic carbocycles. The van der Waals surface area contributed by atoms with Crippen molar-refractivity contribution < 1.29 is 12.8 Å². The molecule has 0 radical (unpaired) electrons. The predicted molar refractivity (Wildman–Crippen MR) is 86.0 cm³/mol. The summed E-state index contributed by atoms with van der Waals surface area (Å²) in [4.78, 5) is 0.278. The van der Waals surface area contributed by atoms with E-state index < -0.39 is 16.1 Å². The smallest absolute Gasteiger partial charge is 0.243 e. The van der Waals surface area contributed by atoms with Gasteiger partial charge in [-0.25, -0.2) is 8.42 Å².